The zero-order valence-electron chi connectivity index (χ0n) is 14.7. The minimum absolute atomic E-state index is 0.000897. The molecule has 136 valence electrons. The first-order valence-corrected chi connectivity index (χ1v) is 9.44. The van der Waals surface area contributed by atoms with Crippen LogP contribution < -0.4 is 10.9 Å². The van der Waals surface area contributed by atoms with Gasteiger partial charge in [-0.1, -0.05) is 54.6 Å². The summed E-state index contributed by atoms with van der Waals surface area (Å²) in [5.41, 5.74) is 8.05. The van der Waals surface area contributed by atoms with Crippen molar-refractivity contribution in [2.75, 3.05) is 0 Å². The lowest BCUT2D eigenvalue weighted by molar-refractivity contribution is 0.0573. The predicted molar refractivity (Wildman–Crippen MR) is 99.4 cm³/mol. The molecule has 2 aliphatic carbocycles. The van der Waals surface area contributed by atoms with Crippen LogP contribution in [0.4, 0.5) is 0 Å². The molecule has 0 amide bonds. The van der Waals surface area contributed by atoms with Crippen LogP contribution in [0.5, 0.6) is 0 Å². The molecule has 2 aromatic rings. The predicted octanol–water partition coefficient (Wildman–Crippen LogP) is 2.44. The quantitative estimate of drug-likeness (QED) is 0.805. The number of rotatable bonds is 2. The van der Waals surface area contributed by atoms with Crippen LogP contribution in [0, 0.1) is 17.8 Å². The Bertz CT molecular complexity index is 940. The standard InChI is InChI=1S/C22H20N2O3/c25-20(12-6-2-1-3-7-12)19-16-11-10-15-17(18(16)23-24-19)22(27)14-9-5-4-8-13(14)21(15)26/h1-9,15-19,23-24H,10-11H2. The summed E-state index contributed by atoms with van der Waals surface area (Å²) in [6.07, 6.45) is 1.39. The summed E-state index contributed by atoms with van der Waals surface area (Å²) in [7, 11) is 0. The van der Waals surface area contributed by atoms with Crippen molar-refractivity contribution < 1.29 is 14.4 Å². The molecule has 5 unspecified atom stereocenters. The Morgan fingerprint density at radius 1 is 0.815 bits per heavy atom. The molecule has 3 aliphatic rings. The molecule has 2 aromatic carbocycles. The van der Waals surface area contributed by atoms with E-state index in [4.69, 9.17) is 0 Å². The fourth-order valence-corrected chi connectivity index (χ4v) is 5.09. The van der Waals surface area contributed by atoms with Crippen LogP contribution in [-0.2, 0) is 0 Å². The molecule has 2 N–H and O–H groups in total. The van der Waals surface area contributed by atoms with E-state index in [0.29, 0.717) is 23.1 Å². The smallest absolute Gasteiger partial charge is 0.181 e. The number of carbonyl (C=O) groups is 3. The van der Waals surface area contributed by atoms with E-state index in [0.717, 1.165) is 6.42 Å². The molecule has 1 saturated carbocycles. The maximum Gasteiger partial charge on any atom is 0.181 e. The summed E-state index contributed by atoms with van der Waals surface area (Å²) in [6, 6.07) is 15.7. The molecule has 1 aliphatic heterocycles. The third-order valence-corrected chi connectivity index (χ3v) is 6.36. The number of Topliss-reactive ketones (excluding diaryl/α,β-unsaturated/α-hetero) is 3. The van der Waals surface area contributed by atoms with E-state index < -0.39 is 5.92 Å². The second-order valence-electron chi connectivity index (χ2n) is 7.67. The highest BCUT2D eigenvalue weighted by Crippen LogP contribution is 2.44. The monoisotopic (exact) mass is 360 g/mol. The van der Waals surface area contributed by atoms with Crippen molar-refractivity contribution in [3.63, 3.8) is 0 Å². The van der Waals surface area contributed by atoms with Gasteiger partial charge in [0.25, 0.3) is 0 Å². The number of fused-ring (bicyclic) bond motifs is 4. The maximum atomic E-state index is 13.2. The van der Waals surface area contributed by atoms with Crippen LogP contribution in [0.1, 0.15) is 43.9 Å². The van der Waals surface area contributed by atoms with Gasteiger partial charge in [0.05, 0.1) is 6.04 Å². The SMILES string of the molecule is O=C1c2ccccc2C(=O)C2C1CCC1C(C(=O)c3ccccc3)NNC12. The van der Waals surface area contributed by atoms with Crippen molar-refractivity contribution in [2.24, 2.45) is 17.8 Å². The molecule has 1 heterocycles. The molecule has 5 nitrogen and oxygen atoms in total. The Morgan fingerprint density at radius 2 is 1.48 bits per heavy atom. The van der Waals surface area contributed by atoms with Crippen LogP contribution in [0.25, 0.3) is 0 Å². The Hall–Kier alpha value is -2.63. The van der Waals surface area contributed by atoms with Crippen LogP contribution in [-0.4, -0.2) is 29.4 Å². The summed E-state index contributed by atoms with van der Waals surface area (Å²) in [5, 5.41) is 0. The molecule has 1 saturated heterocycles. The summed E-state index contributed by atoms with van der Waals surface area (Å²) in [5.74, 6) is -0.592. The van der Waals surface area contributed by atoms with Gasteiger partial charge < -0.3 is 0 Å². The van der Waals surface area contributed by atoms with Crippen LogP contribution >= 0.6 is 0 Å². The van der Waals surface area contributed by atoms with E-state index in [1.54, 1.807) is 24.3 Å². The molecule has 0 bridgehead atoms. The zero-order chi connectivity index (χ0) is 18.5. The van der Waals surface area contributed by atoms with Gasteiger partial charge in [-0.15, -0.1) is 0 Å². The van der Waals surface area contributed by atoms with Crippen molar-refractivity contribution in [2.45, 2.75) is 24.9 Å². The number of hydrazine groups is 1. The summed E-state index contributed by atoms with van der Waals surface area (Å²) < 4.78 is 0. The van der Waals surface area contributed by atoms with Gasteiger partial charge >= 0.3 is 0 Å². The Labute approximate surface area is 157 Å². The number of benzene rings is 2. The molecule has 5 heteroatoms. The Kier molecular flexibility index (Phi) is 3.81. The first-order chi connectivity index (χ1) is 13.2. The van der Waals surface area contributed by atoms with E-state index in [-0.39, 0.29) is 41.3 Å². The molecule has 0 radical (unpaired) electrons. The first kappa shape index (κ1) is 16.5. The first-order valence-electron chi connectivity index (χ1n) is 9.44. The third-order valence-electron chi connectivity index (χ3n) is 6.36. The third kappa shape index (κ3) is 2.42. The van der Waals surface area contributed by atoms with Crippen molar-refractivity contribution in [1.82, 2.24) is 10.9 Å². The number of hydrogen-bond donors (Lipinski definition) is 2. The lowest BCUT2D eigenvalue weighted by atomic mass is 9.61. The van der Waals surface area contributed by atoms with E-state index in [9.17, 15) is 14.4 Å². The summed E-state index contributed by atoms with van der Waals surface area (Å²) in [4.78, 5) is 39.1. The van der Waals surface area contributed by atoms with E-state index >= 15 is 0 Å². The minimum atomic E-state index is -0.410. The summed E-state index contributed by atoms with van der Waals surface area (Å²) in [6.45, 7) is 0. The fraction of sp³-hybridized carbons (Fsp3) is 0.318. The van der Waals surface area contributed by atoms with Crippen LogP contribution in [0.2, 0.25) is 0 Å². The second-order valence-corrected chi connectivity index (χ2v) is 7.67. The van der Waals surface area contributed by atoms with Gasteiger partial charge in [0.15, 0.2) is 17.3 Å². The van der Waals surface area contributed by atoms with Gasteiger partial charge in [0.1, 0.15) is 0 Å². The van der Waals surface area contributed by atoms with Gasteiger partial charge in [-0.05, 0) is 12.8 Å². The van der Waals surface area contributed by atoms with E-state index in [2.05, 4.69) is 10.9 Å². The molecule has 27 heavy (non-hydrogen) atoms. The van der Waals surface area contributed by atoms with E-state index in [1.807, 2.05) is 30.3 Å². The maximum absolute atomic E-state index is 13.2. The lowest BCUT2D eigenvalue weighted by Gasteiger charge is -2.41. The molecule has 0 aromatic heterocycles. The van der Waals surface area contributed by atoms with Gasteiger partial charge in [-0.25, -0.2) is 5.43 Å². The fourth-order valence-electron chi connectivity index (χ4n) is 5.09. The van der Waals surface area contributed by atoms with Crippen molar-refractivity contribution in [1.29, 1.82) is 0 Å². The van der Waals surface area contributed by atoms with E-state index in [1.165, 1.54) is 0 Å². The average molecular weight is 360 g/mol. The van der Waals surface area contributed by atoms with Gasteiger partial charge in [0.2, 0.25) is 0 Å². The van der Waals surface area contributed by atoms with Crippen molar-refractivity contribution in [3.05, 3.63) is 71.3 Å². The normalized spacial score (nSPS) is 31.8. The van der Waals surface area contributed by atoms with Gasteiger partial charge in [-0.2, -0.15) is 0 Å². The molecule has 5 rings (SSSR count). The highest BCUT2D eigenvalue weighted by molar-refractivity contribution is 6.16. The average Bonchev–Trinajstić information content (AvgIpc) is 3.16. The highest BCUT2D eigenvalue weighted by Gasteiger charge is 2.55. The lowest BCUT2D eigenvalue weighted by Crippen LogP contribution is -2.52. The Balaban J connectivity index is 1.47. The topological polar surface area (TPSA) is 75.3 Å². The molecule has 0 spiro atoms. The number of carbonyl (C=O) groups excluding carboxylic acids is 3. The zero-order valence-corrected chi connectivity index (χ0v) is 14.7. The molecular formula is C22H20N2O3. The minimum Gasteiger partial charge on any atom is -0.294 e. The van der Waals surface area contributed by atoms with Crippen molar-refractivity contribution >= 4 is 17.3 Å². The number of ketones is 3. The van der Waals surface area contributed by atoms with Crippen LogP contribution in [0.15, 0.2) is 54.6 Å². The molecular weight excluding hydrogens is 340 g/mol. The number of nitrogens with one attached hydrogen (secondary N) is 2. The summed E-state index contributed by atoms with van der Waals surface area (Å²) >= 11 is 0. The molecule has 5 atom stereocenters. The largest absolute Gasteiger partial charge is 0.294 e. The van der Waals surface area contributed by atoms with Gasteiger partial charge in [-0.3, -0.25) is 19.8 Å². The molecule has 2 fully saturated rings. The second kappa shape index (κ2) is 6.22. The van der Waals surface area contributed by atoms with Gasteiger partial charge in [0, 0.05) is 40.5 Å². The Morgan fingerprint density at radius 3 is 2.22 bits per heavy atom. The number of hydrogen-bond acceptors (Lipinski definition) is 5. The van der Waals surface area contributed by atoms with Crippen LogP contribution in [0.3, 0.4) is 0 Å². The highest BCUT2D eigenvalue weighted by atomic mass is 16.1. The van der Waals surface area contributed by atoms with Crippen molar-refractivity contribution in [3.8, 4) is 0 Å².